The van der Waals surface area contributed by atoms with Crippen molar-refractivity contribution in [1.29, 1.82) is 0 Å². The number of nitrogens with zero attached hydrogens (tertiary/aromatic N) is 1. The molecule has 0 aliphatic heterocycles. The second-order valence-electron chi connectivity index (χ2n) is 5.21. The van der Waals surface area contributed by atoms with Crippen LogP contribution in [0.15, 0.2) is 47.8 Å². The predicted octanol–water partition coefficient (Wildman–Crippen LogP) is 4.79. The molecular weight excluding hydrogens is 363 g/mol. The zero-order valence-corrected chi connectivity index (χ0v) is 14.8. The minimum absolute atomic E-state index is 0.0436. The van der Waals surface area contributed by atoms with Gasteiger partial charge in [-0.3, -0.25) is 4.79 Å². The van der Waals surface area contributed by atoms with Crippen LogP contribution < -0.4 is 10.1 Å². The van der Waals surface area contributed by atoms with E-state index in [9.17, 15) is 9.18 Å². The minimum atomic E-state index is -0.497. The molecule has 128 valence electrons. The third-order valence-electron chi connectivity index (χ3n) is 3.48. The van der Waals surface area contributed by atoms with E-state index in [0.29, 0.717) is 21.4 Å². The maximum absolute atomic E-state index is 13.7. The van der Waals surface area contributed by atoms with Gasteiger partial charge in [0, 0.05) is 16.0 Å². The van der Waals surface area contributed by atoms with Crippen molar-refractivity contribution in [2.75, 3.05) is 12.4 Å². The number of benzene rings is 2. The molecule has 0 radical (unpaired) electrons. The summed E-state index contributed by atoms with van der Waals surface area (Å²) in [5.74, 6) is -0.624. The highest BCUT2D eigenvalue weighted by Crippen LogP contribution is 2.30. The van der Waals surface area contributed by atoms with Crippen LogP contribution in [-0.4, -0.2) is 18.0 Å². The van der Waals surface area contributed by atoms with Crippen LogP contribution in [0.3, 0.4) is 0 Å². The monoisotopic (exact) mass is 376 g/mol. The van der Waals surface area contributed by atoms with Crippen molar-refractivity contribution in [1.82, 2.24) is 4.98 Å². The number of nitrogens with one attached hydrogen (secondary N) is 1. The average Bonchev–Trinajstić information content (AvgIpc) is 3.03. The molecule has 0 bridgehead atoms. The Morgan fingerprint density at radius 1 is 1.32 bits per heavy atom. The standard InChI is InChI=1S/C18H14ClFN2O2S/c1-24-16-7-6-11(8-14(16)20)9-17(23)22-18-21-15(10-25-18)12-4-2-3-5-13(12)19/h2-8,10H,9H2,1H3,(H,21,22,23). The van der Waals surface area contributed by atoms with Crippen molar-refractivity contribution in [3.05, 3.63) is 64.2 Å². The van der Waals surface area contributed by atoms with Gasteiger partial charge in [-0.25, -0.2) is 9.37 Å². The van der Waals surface area contributed by atoms with E-state index < -0.39 is 5.82 Å². The van der Waals surface area contributed by atoms with Gasteiger partial charge in [-0.1, -0.05) is 35.9 Å². The molecule has 3 rings (SSSR count). The van der Waals surface area contributed by atoms with Crippen molar-refractivity contribution in [2.24, 2.45) is 0 Å². The Morgan fingerprint density at radius 2 is 2.12 bits per heavy atom. The van der Waals surface area contributed by atoms with Crippen molar-refractivity contribution in [3.63, 3.8) is 0 Å². The Morgan fingerprint density at radius 3 is 2.84 bits per heavy atom. The number of halogens is 2. The Bertz CT molecular complexity index is 914. The Kier molecular flexibility index (Phi) is 5.31. The molecule has 1 N–H and O–H groups in total. The first kappa shape index (κ1) is 17.4. The van der Waals surface area contributed by atoms with E-state index in [-0.39, 0.29) is 18.1 Å². The van der Waals surface area contributed by atoms with E-state index in [1.165, 1.54) is 30.6 Å². The van der Waals surface area contributed by atoms with E-state index in [2.05, 4.69) is 10.3 Å². The van der Waals surface area contributed by atoms with Gasteiger partial charge in [0.05, 0.1) is 19.2 Å². The highest BCUT2D eigenvalue weighted by atomic mass is 35.5. The fourth-order valence-corrected chi connectivity index (χ4v) is 3.25. The molecule has 0 saturated heterocycles. The van der Waals surface area contributed by atoms with Gasteiger partial charge in [0.25, 0.3) is 0 Å². The first-order valence-electron chi connectivity index (χ1n) is 7.39. The molecule has 1 amide bonds. The molecule has 1 heterocycles. The molecule has 1 aromatic heterocycles. The summed E-state index contributed by atoms with van der Waals surface area (Å²) < 4.78 is 18.5. The quantitative estimate of drug-likeness (QED) is 0.696. The molecule has 0 fully saturated rings. The molecule has 25 heavy (non-hydrogen) atoms. The molecule has 0 aliphatic carbocycles. The Balaban J connectivity index is 1.68. The normalized spacial score (nSPS) is 10.5. The summed E-state index contributed by atoms with van der Waals surface area (Å²) in [4.78, 5) is 16.5. The lowest BCUT2D eigenvalue weighted by atomic mass is 10.1. The van der Waals surface area contributed by atoms with Crippen LogP contribution in [0.2, 0.25) is 5.02 Å². The molecule has 0 unspecified atom stereocenters. The molecule has 0 saturated carbocycles. The molecule has 4 nitrogen and oxygen atoms in total. The minimum Gasteiger partial charge on any atom is -0.494 e. The summed E-state index contributed by atoms with van der Waals surface area (Å²) in [5, 5.41) is 5.61. The summed E-state index contributed by atoms with van der Waals surface area (Å²) in [6, 6.07) is 11.8. The van der Waals surface area contributed by atoms with Crippen LogP contribution >= 0.6 is 22.9 Å². The number of hydrogen-bond donors (Lipinski definition) is 1. The molecule has 3 aromatic rings. The van der Waals surface area contributed by atoms with Crippen LogP contribution in [0.4, 0.5) is 9.52 Å². The number of aromatic nitrogens is 1. The van der Waals surface area contributed by atoms with Gasteiger partial charge in [-0.2, -0.15) is 0 Å². The summed E-state index contributed by atoms with van der Waals surface area (Å²) in [6.45, 7) is 0. The lowest BCUT2D eigenvalue weighted by Crippen LogP contribution is -2.14. The number of hydrogen-bond acceptors (Lipinski definition) is 4. The highest BCUT2D eigenvalue weighted by molar-refractivity contribution is 7.14. The number of rotatable bonds is 5. The van der Waals surface area contributed by atoms with Gasteiger partial charge >= 0.3 is 0 Å². The molecule has 0 spiro atoms. The average molecular weight is 377 g/mol. The number of amides is 1. The molecule has 0 aliphatic rings. The van der Waals surface area contributed by atoms with Crippen LogP contribution in [0, 0.1) is 5.82 Å². The predicted molar refractivity (Wildman–Crippen MR) is 97.8 cm³/mol. The largest absolute Gasteiger partial charge is 0.494 e. The number of anilines is 1. The van der Waals surface area contributed by atoms with Crippen molar-refractivity contribution in [3.8, 4) is 17.0 Å². The molecular formula is C18H14ClFN2O2S. The fraction of sp³-hybridized carbons (Fsp3) is 0.111. The van der Waals surface area contributed by atoms with Crippen LogP contribution in [-0.2, 0) is 11.2 Å². The SMILES string of the molecule is COc1ccc(CC(=O)Nc2nc(-c3ccccc3Cl)cs2)cc1F. The lowest BCUT2D eigenvalue weighted by molar-refractivity contribution is -0.115. The van der Waals surface area contributed by atoms with Gasteiger partial charge < -0.3 is 10.1 Å². The number of methoxy groups -OCH3 is 1. The molecule has 7 heteroatoms. The van der Waals surface area contributed by atoms with E-state index in [1.807, 2.05) is 23.6 Å². The zero-order valence-electron chi connectivity index (χ0n) is 13.3. The maximum Gasteiger partial charge on any atom is 0.230 e. The third kappa shape index (κ3) is 4.15. The van der Waals surface area contributed by atoms with Gasteiger partial charge in [0.1, 0.15) is 0 Å². The summed E-state index contributed by atoms with van der Waals surface area (Å²) >= 11 is 7.46. The van der Waals surface area contributed by atoms with Crippen LogP contribution in [0.5, 0.6) is 5.75 Å². The Hall–Kier alpha value is -2.44. The van der Waals surface area contributed by atoms with Gasteiger partial charge in [0.15, 0.2) is 16.7 Å². The number of ether oxygens (including phenoxy) is 1. The first-order valence-corrected chi connectivity index (χ1v) is 8.65. The zero-order chi connectivity index (χ0) is 17.8. The van der Waals surface area contributed by atoms with Crippen molar-refractivity contribution >= 4 is 34.0 Å². The highest BCUT2D eigenvalue weighted by Gasteiger charge is 2.12. The van der Waals surface area contributed by atoms with Crippen LogP contribution in [0.25, 0.3) is 11.3 Å². The third-order valence-corrected chi connectivity index (χ3v) is 4.57. The maximum atomic E-state index is 13.7. The molecule has 0 atom stereocenters. The summed E-state index contributed by atoms with van der Waals surface area (Å²) in [7, 11) is 1.39. The smallest absolute Gasteiger partial charge is 0.230 e. The van der Waals surface area contributed by atoms with Crippen LogP contribution in [0.1, 0.15) is 5.56 Å². The second kappa shape index (κ2) is 7.63. The fourth-order valence-electron chi connectivity index (χ4n) is 2.29. The van der Waals surface area contributed by atoms with E-state index >= 15 is 0 Å². The number of carbonyl (C=O) groups excluding carboxylic acids is 1. The second-order valence-corrected chi connectivity index (χ2v) is 6.48. The summed E-state index contributed by atoms with van der Waals surface area (Å²) in [6.07, 6.45) is 0.0436. The van der Waals surface area contributed by atoms with Crippen molar-refractivity contribution < 1.29 is 13.9 Å². The number of carbonyl (C=O) groups is 1. The molecule has 2 aromatic carbocycles. The van der Waals surface area contributed by atoms with Gasteiger partial charge in [0.2, 0.25) is 5.91 Å². The van der Waals surface area contributed by atoms with E-state index in [1.54, 1.807) is 12.1 Å². The number of thiazole rings is 1. The Labute approximate surface area is 153 Å². The topological polar surface area (TPSA) is 51.2 Å². The van der Waals surface area contributed by atoms with Gasteiger partial charge in [-0.05, 0) is 23.8 Å². The lowest BCUT2D eigenvalue weighted by Gasteiger charge is -2.05. The van der Waals surface area contributed by atoms with E-state index in [0.717, 1.165) is 5.56 Å². The van der Waals surface area contributed by atoms with Gasteiger partial charge in [-0.15, -0.1) is 11.3 Å². The summed E-state index contributed by atoms with van der Waals surface area (Å²) in [5.41, 5.74) is 2.05. The van der Waals surface area contributed by atoms with Crippen molar-refractivity contribution in [2.45, 2.75) is 6.42 Å². The van der Waals surface area contributed by atoms with E-state index in [4.69, 9.17) is 16.3 Å². The first-order chi connectivity index (χ1) is 12.1.